The maximum Gasteiger partial charge on any atom is 0.307 e. The molecule has 4 aliphatic rings. The lowest BCUT2D eigenvalue weighted by Gasteiger charge is -2.57. The number of alkyl halides is 1. The minimum atomic E-state index is -5.07. The summed E-state index contributed by atoms with van der Waals surface area (Å²) in [6.45, 7) is 2.95. The summed E-state index contributed by atoms with van der Waals surface area (Å²) >= 11 is 0. The summed E-state index contributed by atoms with van der Waals surface area (Å²) in [5.74, 6) is -0.172. The molecule has 0 aromatic heterocycles. The van der Waals surface area contributed by atoms with Crippen molar-refractivity contribution in [3.05, 3.63) is 0 Å². The van der Waals surface area contributed by atoms with Crippen molar-refractivity contribution < 1.29 is 22.2 Å². The normalized spacial score (nSPS) is 40.0. The summed E-state index contributed by atoms with van der Waals surface area (Å²) < 4.78 is 48.1. The van der Waals surface area contributed by atoms with Crippen LogP contribution in [0.4, 0.5) is 4.39 Å². The van der Waals surface area contributed by atoms with E-state index in [4.69, 9.17) is 0 Å². The Morgan fingerprint density at radius 1 is 1.18 bits per heavy atom. The van der Waals surface area contributed by atoms with Crippen molar-refractivity contribution in [3.63, 3.8) is 0 Å². The van der Waals surface area contributed by atoms with Crippen molar-refractivity contribution >= 4 is 15.9 Å². The van der Waals surface area contributed by atoms with Gasteiger partial charge >= 0.3 is 10.1 Å². The molecule has 4 bridgehead atoms. The molecule has 0 spiro atoms. The van der Waals surface area contributed by atoms with Gasteiger partial charge in [-0.15, -0.1) is 0 Å². The highest BCUT2D eigenvalue weighted by molar-refractivity contribution is 7.87. The molecule has 0 aliphatic heterocycles. The molecule has 1 unspecified atom stereocenters. The molecule has 6 heteroatoms. The fourth-order valence-corrected chi connectivity index (χ4v) is 6.70. The summed E-state index contributed by atoms with van der Waals surface area (Å²) in [5, 5.41) is -3.15. The molecule has 0 saturated heterocycles. The maximum atomic E-state index is 15.3. The van der Waals surface area contributed by atoms with E-state index in [1.165, 1.54) is 13.8 Å². The van der Waals surface area contributed by atoms with Crippen molar-refractivity contribution in [2.75, 3.05) is 0 Å². The van der Waals surface area contributed by atoms with Crippen LogP contribution >= 0.6 is 0 Å². The van der Waals surface area contributed by atoms with Crippen LogP contribution in [-0.2, 0) is 14.9 Å². The first kappa shape index (κ1) is 16.4. The van der Waals surface area contributed by atoms with Gasteiger partial charge in [-0.05, 0) is 61.7 Å². The third kappa shape index (κ3) is 2.52. The van der Waals surface area contributed by atoms with Crippen molar-refractivity contribution in [2.45, 2.75) is 63.8 Å². The van der Waals surface area contributed by atoms with Crippen LogP contribution in [0.1, 0.15) is 58.8 Å². The highest BCUT2D eigenvalue weighted by Gasteiger charge is 2.60. The summed E-state index contributed by atoms with van der Waals surface area (Å²) in [7, 11) is -5.07. The van der Waals surface area contributed by atoms with E-state index in [-0.39, 0.29) is 6.42 Å². The second-order valence-electron chi connectivity index (χ2n) is 8.32. The first-order chi connectivity index (χ1) is 10.0. The van der Waals surface area contributed by atoms with Crippen LogP contribution in [0.2, 0.25) is 0 Å². The molecule has 126 valence electrons. The minimum Gasteiger partial charge on any atom is -0.294 e. The molecule has 0 radical (unpaired) electrons. The second-order valence-corrected chi connectivity index (χ2v) is 9.91. The second kappa shape index (κ2) is 5.00. The first-order valence-corrected chi connectivity index (χ1v) is 9.69. The van der Waals surface area contributed by atoms with Gasteiger partial charge in [0, 0.05) is 12.3 Å². The predicted molar refractivity (Wildman–Crippen MR) is 80.5 cm³/mol. The zero-order chi connectivity index (χ0) is 16.3. The molecule has 4 nitrogen and oxygen atoms in total. The van der Waals surface area contributed by atoms with Crippen LogP contribution in [0.15, 0.2) is 0 Å². The lowest BCUT2D eigenvalue weighted by Crippen LogP contribution is -2.53. The largest absolute Gasteiger partial charge is 0.307 e. The van der Waals surface area contributed by atoms with Gasteiger partial charge in [0.25, 0.3) is 5.00 Å². The number of carbonyl (C=O) groups is 1. The number of rotatable bonds is 5. The van der Waals surface area contributed by atoms with Gasteiger partial charge in [-0.2, -0.15) is 8.42 Å². The number of ketones is 1. The summed E-state index contributed by atoms with van der Waals surface area (Å²) in [6.07, 6.45) is 5.50. The maximum absolute atomic E-state index is 15.3. The summed E-state index contributed by atoms with van der Waals surface area (Å²) in [5.41, 5.74) is -0.427. The van der Waals surface area contributed by atoms with Gasteiger partial charge in [0.05, 0.1) is 0 Å². The van der Waals surface area contributed by atoms with Crippen molar-refractivity contribution in [1.82, 2.24) is 0 Å². The zero-order valence-electron chi connectivity index (χ0n) is 13.2. The van der Waals surface area contributed by atoms with Gasteiger partial charge in [0.2, 0.25) is 0 Å². The molecule has 1 atom stereocenters. The van der Waals surface area contributed by atoms with E-state index in [2.05, 4.69) is 0 Å². The Bertz CT molecular complexity index is 548. The van der Waals surface area contributed by atoms with Crippen molar-refractivity contribution in [2.24, 2.45) is 29.1 Å². The van der Waals surface area contributed by atoms with Crippen LogP contribution in [-0.4, -0.2) is 23.8 Å². The van der Waals surface area contributed by atoms with Crippen LogP contribution in [0.5, 0.6) is 0 Å². The summed E-state index contributed by atoms with van der Waals surface area (Å²) in [4.78, 5) is 12.2. The van der Waals surface area contributed by atoms with Crippen LogP contribution in [0.3, 0.4) is 0 Å². The molecule has 4 aliphatic carbocycles. The first-order valence-electron chi connectivity index (χ1n) is 8.25. The average Bonchev–Trinajstić information content (AvgIpc) is 2.33. The third-order valence-corrected chi connectivity index (χ3v) is 7.23. The minimum absolute atomic E-state index is 0.362. The number of Topliss-reactive ketones (excluding diaryl/α,β-unsaturated/α-hetero) is 1. The van der Waals surface area contributed by atoms with Gasteiger partial charge in [-0.25, -0.2) is 4.39 Å². The van der Waals surface area contributed by atoms with Gasteiger partial charge in [0.1, 0.15) is 0 Å². The van der Waals surface area contributed by atoms with Gasteiger partial charge in [-0.1, -0.05) is 13.8 Å². The third-order valence-electron chi connectivity index (χ3n) is 6.07. The fourth-order valence-electron chi connectivity index (χ4n) is 5.73. The monoisotopic (exact) mass is 332 g/mol. The Morgan fingerprint density at radius 3 is 1.91 bits per heavy atom. The van der Waals surface area contributed by atoms with E-state index in [1.54, 1.807) is 0 Å². The Hall–Kier alpha value is -0.490. The molecule has 0 heterocycles. The molecule has 22 heavy (non-hydrogen) atoms. The molecule has 0 aromatic rings. The Morgan fingerprint density at radius 2 is 1.59 bits per heavy atom. The summed E-state index contributed by atoms with van der Waals surface area (Å²) in [6, 6.07) is 0. The van der Waals surface area contributed by atoms with Crippen molar-refractivity contribution in [1.29, 1.82) is 0 Å². The lowest BCUT2D eigenvalue weighted by atomic mass is 9.48. The van der Waals surface area contributed by atoms with E-state index < -0.39 is 32.2 Å². The molecule has 4 rings (SSSR count). The average molecular weight is 332 g/mol. The number of hydrogen-bond donors (Lipinski definition) is 1. The van der Waals surface area contributed by atoms with E-state index in [0.717, 1.165) is 38.5 Å². The molecule has 0 amide bonds. The van der Waals surface area contributed by atoms with Crippen LogP contribution in [0.25, 0.3) is 0 Å². The number of hydrogen-bond acceptors (Lipinski definition) is 3. The highest BCUT2D eigenvalue weighted by Crippen LogP contribution is 2.63. The quantitative estimate of drug-likeness (QED) is 0.784. The van der Waals surface area contributed by atoms with E-state index in [1.807, 2.05) is 0 Å². The van der Waals surface area contributed by atoms with Crippen molar-refractivity contribution in [3.8, 4) is 0 Å². The van der Waals surface area contributed by atoms with Gasteiger partial charge in [0.15, 0.2) is 5.78 Å². The topological polar surface area (TPSA) is 71.4 Å². The molecule has 0 aromatic carbocycles. The smallest absolute Gasteiger partial charge is 0.294 e. The van der Waals surface area contributed by atoms with E-state index in [0.29, 0.717) is 17.8 Å². The van der Waals surface area contributed by atoms with Gasteiger partial charge in [-0.3, -0.25) is 9.35 Å². The van der Waals surface area contributed by atoms with Crippen LogP contribution in [0, 0.1) is 29.1 Å². The Labute approximate surface area is 131 Å². The van der Waals surface area contributed by atoms with Crippen LogP contribution < -0.4 is 0 Å². The zero-order valence-corrected chi connectivity index (χ0v) is 14.0. The molecular weight excluding hydrogens is 307 g/mol. The molecule has 1 N–H and O–H groups in total. The number of carbonyl (C=O) groups excluding carboxylic acids is 1. The Kier molecular flexibility index (Phi) is 3.72. The predicted octanol–water partition coefficient (Wildman–Crippen LogP) is 3.37. The van der Waals surface area contributed by atoms with E-state index in [9.17, 15) is 17.8 Å². The SMILES string of the molecule is CC(C)C(=O)C(F)(CC12CC3CC(CC(C3)C1)C2)S(=O)(=O)O. The molecule has 4 fully saturated rings. The standard InChI is InChI=1S/C16H25FO4S/c1-10(2)14(18)16(17,22(19,20)21)9-15-6-11-3-12(7-15)5-13(4-11)8-15/h10-13H,3-9H2,1-2H3,(H,19,20,21). The lowest BCUT2D eigenvalue weighted by molar-refractivity contribution is -0.134. The molecular formula is C16H25FO4S. The Balaban J connectivity index is 1.93. The fraction of sp³-hybridized carbons (Fsp3) is 0.938. The van der Waals surface area contributed by atoms with Gasteiger partial charge < -0.3 is 0 Å². The molecule has 4 saturated carbocycles. The highest BCUT2D eigenvalue weighted by atomic mass is 32.2. The number of halogens is 1. The van der Waals surface area contributed by atoms with E-state index >= 15 is 4.39 Å².